The van der Waals surface area contributed by atoms with Crippen molar-refractivity contribution in [2.45, 2.75) is 39.2 Å². The quantitative estimate of drug-likeness (QED) is 0.678. The highest BCUT2D eigenvalue weighted by Crippen LogP contribution is 2.27. The molecule has 1 aliphatic heterocycles. The van der Waals surface area contributed by atoms with E-state index in [1.807, 2.05) is 6.92 Å². The van der Waals surface area contributed by atoms with Crippen LogP contribution in [0.25, 0.3) is 0 Å². The monoisotopic (exact) mass is 320 g/mol. The Bertz CT molecular complexity index is 643. The van der Waals surface area contributed by atoms with Crippen LogP contribution in [-0.4, -0.2) is 39.4 Å². The fourth-order valence-corrected chi connectivity index (χ4v) is 3.09. The Morgan fingerprint density at radius 3 is 2.70 bits per heavy atom. The molecule has 1 saturated heterocycles. The number of carboxylic acid groups (broad SMARTS) is 1. The first-order valence-electron chi connectivity index (χ1n) is 7.67. The van der Waals surface area contributed by atoms with Gasteiger partial charge in [0, 0.05) is 29.8 Å². The third-order valence-electron chi connectivity index (χ3n) is 4.48. The van der Waals surface area contributed by atoms with Gasteiger partial charge in [0.2, 0.25) is 0 Å². The average Bonchev–Trinajstić information content (AvgIpc) is 2.53. The summed E-state index contributed by atoms with van der Waals surface area (Å²) in [6.07, 6.45) is 1.66. The molecule has 1 amide bonds. The topological polar surface area (TPSA) is 101 Å². The second-order valence-corrected chi connectivity index (χ2v) is 5.78. The summed E-state index contributed by atoms with van der Waals surface area (Å²) in [5.41, 5.74) is 0.728. The maximum absolute atomic E-state index is 12.7. The Morgan fingerprint density at radius 1 is 1.43 bits per heavy atom. The largest absolute Gasteiger partial charge is 0.481 e. The first-order chi connectivity index (χ1) is 10.9. The Hall–Kier alpha value is -2.44. The second-order valence-electron chi connectivity index (χ2n) is 5.78. The highest BCUT2D eigenvalue weighted by Gasteiger charge is 2.36. The Balaban J connectivity index is 2.31. The van der Waals surface area contributed by atoms with Crippen molar-refractivity contribution in [2.75, 3.05) is 6.54 Å². The van der Waals surface area contributed by atoms with Gasteiger partial charge in [-0.25, -0.2) is 0 Å². The fourth-order valence-electron chi connectivity index (χ4n) is 3.09. The van der Waals surface area contributed by atoms with Crippen LogP contribution in [0.2, 0.25) is 0 Å². The van der Waals surface area contributed by atoms with Gasteiger partial charge < -0.3 is 10.0 Å². The Kier molecular flexibility index (Phi) is 4.98. The number of amides is 1. The zero-order valence-electron chi connectivity index (χ0n) is 13.2. The highest BCUT2D eigenvalue weighted by atomic mass is 16.6. The van der Waals surface area contributed by atoms with Crippen molar-refractivity contribution in [2.24, 2.45) is 5.92 Å². The van der Waals surface area contributed by atoms with E-state index in [4.69, 9.17) is 0 Å². The molecule has 1 aromatic rings. The lowest BCUT2D eigenvalue weighted by Crippen LogP contribution is -2.49. The molecule has 124 valence electrons. The number of hydrogen-bond donors (Lipinski definition) is 1. The minimum absolute atomic E-state index is 0.0715. The molecule has 2 atom stereocenters. The van der Waals surface area contributed by atoms with Gasteiger partial charge in [-0.1, -0.05) is 13.0 Å². The van der Waals surface area contributed by atoms with Crippen LogP contribution in [0, 0.1) is 16.0 Å². The van der Waals surface area contributed by atoms with E-state index in [1.165, 1.54) is 11.0 Å². The van der Waals surface area contributed by atoms with Gasteiger partial charge in [0.25, 0.3) is 11.6 Å². The van der Waals surface area contributed by atoms with Crippen molar-refractivity contribution in [3.63, 3.8) is 0 Å². The number of benzene rings is 1. The van der Waals surface area contributed by atoms with Gasteiger partial charge >= 0.3 is 5.97 Å². The van der Waals surface area contributed by atoms with Crippen molar-refractivity contribution < 1.29 is 19.6 Å². The molecule has 0 saturated carbocycles. The normalized spacial score (nSPS) is 21.0. The smallest absolute Gasteiger partial charge is 0.308 e. The number of aryl methyl sites for hydroxylation is 1. The number of likely N-dealkylation sites (tertiary alicyclic amines) is 1. The van der Waals surface area contributed by atoms with E-state index in [9.17, 15) is 24.8 Å². The first kappa shape index (κ1) is 16.9. The molecule has 1 fully saturated rings. The minimum Gasteiger partial charge on any atom is -0.481 e. The third kappa shape index (κ3) is 3.33. The summed E-state index contributed by atoms with van der Waals surface area (Å²) in [5.74, 6) is -1.87. The molecule has 0 spiro atoms. The number of carbonyl (C=O) groups is 2. The zero-order chi connectivity index (χ0) is 17.1. The van der Waals surface area contributed by atoms with Crippen molar-refractivity contribution in [3.8, 4) is 0 Å². The minimum atomic E-state index is -0.915. The maximum Gasteiger partial charge on any atom is 0.308 e. The summed E-state index contributed by atoms with van der Waals surface area (Å²) in [6.45, 7) is 3.99. The van der Waals surface area contributed by atoms with Gasteiger partial charge in [0.15, 0.2) is 0 Å². The van der Waals surface area contributed by atoms with E-state index in [0.717, 1.165) is 0 Å². The Labute approximate surface area is 134 Å². The van der Waals surface area contributed by atoms with Crippen LogP contribution in [0.4, 0.5) is 5.69 Å². The Morgan fingerprint density at radius 2 is 2.13 bits per heavy atom. The molecule has 0 radical (unpaired) electrons. The average molecular weight is 320 g/mol. The predicted octanol–water partition coefficient (Wildman–Crippen LogP) is 2.48. The lowest BCUT2D eigenvalue weighted by molar-refractivity contribution is -0.385. The number of carboxylic acids is 1. The number of nitro benzene ring substituents is 1. The summed E-state index contributed by atoms with van der Waals surface area (Å²) in [7, 11) is 0. The van der Waals surface area contributed by atoms with Gasteiger partial charge in [-0.05, 0) is 32.3 Å². The van der Waals surface area contributed by atoms with Crippen molar-refractivity contribution in [1.29, 1.82) is 0 Å². The predicted molar refractivity (Wildman–Crippen MR) is 83.3 cm³/mol. The first-order valence-corrected chi connectivity index (χ1v) is 7.67. The molecule has 7 heteroatoms. The second kappa shape index (κ2) is 6.76. The summed E-state index contributed by atoms with van der Waals surface area (Å²) < 4.78 is 0. The molecule has 1 N–H and O–H groups in total. The molecule has 1 aliphatic rings. The number of nitro groups is 1. The number of nitrogens with zero attached hydrogens (tertiary/aromatic N) is 2. The lowest BCUT2D eigenvalue weighted by atomic mass is 9.89. The van der Waals surface area contributed by atoms with E-state index in [2.05, 4.69) is 0 Å². The van der Waals surface area contributed by atoms with E-state index >= 15 is 0 Å². The number of aliphatic carboxylic acids is 1. The number of rotatable bonds is 4. The summed E-state index contributed by atoms with van der Waals surface area (Å²) >= 11 is 0. The molecule has 7 nitrogen and oxygen atoms in total. The van der Waals surface area contributed by atoms with Crippen LogP contribution in [0.1, 0.15) is 42.6 Å². The summed E-state index contributed by atoms with van der Waals surface area (Å²) in [5, 5.41) is 20.4. The van der Waals surface area contributed by atoms with E-state index in [1.54, 1.807) is 19.1 Å². The number of carbonyl (C=O) groups excluding carboxylic acids is 1. The van der Waals surface area contributed by atoms with Crippen LogP contribution < -0.4 is 0 Å². The van der Waals surface area contributed by atoms with Gasteiger partial charge in [-0.3, -0.25) is 19.7 Å². The van der Waals surface area contributed by atoms with Crippen molar-refractivity contribution in [1.82, 2.24) is 4.90 Å². The molecule has 0 unspecified atom stereocenters. The summed E-state index contributed by atoms with van der Waals surface area (Å²) in [6, 6.07) is 4.02. The molecular weight excluding hydrogens is 300 g/mol. The van der Waals surface area contributed by atoms with Crippen LogP contribution in [0.3, 0.4) is 0 Å². The molecule has 0 aromatic heterocycles. The standard InChI is InChI=1S/C16H20N2O5/c1-3-11-6-7-12(9-14(11)18(22)23)15(19)17-8-4-5-13(10(17)2)16(20)21/h6-7,9-10,13H,3-5,8H2,1-2H3,(H,20,21)/t10-,13-/m0/s1. The van der Waals surface area contributed by atoms with E-state index in [0.29, 0.717) is 31.4 Å². The number of hydrogen-bond acceptors (Lipinski definition) is 4. The molecule has 0 aliphatic carbocycles. The lowest BCUT2D eigenvalue weighted by Gasteiger charge is -2.37. The van der Waals surface area contributed by atoms with Crippen molar-refractivity contribution in [3.05, 3.63) is 39.4 Å². The van der Waals surface area contributed by atoms with Gasteiger partial charge in [-0.15, -0.1) is 0 Å². The number of piperidine rings is 1. The SMILES string of the molecule is CCc1ccc(C(=O)N2CCC[C@H](C(=O)O)[C@@H]2C)cc1[N+](=O)[O-]. The molecular formula is C16H20N2O5. The van der Waals surface area contributed by atoms with E-state index < -0.39 is 22.9 Å². The molecule has 1 heterocycles. The van der Waals surface area contributed by atoms with Crippen LogP contribution in [0.5, 0.6) is 0 Å². The molecule has 2 rings (SSSR count). The van der Waals surface area contributed by atoms with Crippen LogP contribution >= 0.6 is 0 Å². The highest BCUT2D eigenvalue weighted by molar-refractivity contribution is 5.95. The molecule has 0 bridgehead atoms. The van der Waals surface area contributed by atoms with Crippen molar-refractivity contribution >= 4 is 17.6 Å². The molecule has 23 heavy (non-hydrogen) atoms. The third-order valence-corrected chi connectivity index (χ3v) is 4.48. The van der Waals surface area contributed by atoms with Gasteiger partial charge in [0.1, 0.15) is 0 Å². The summed E-state index contributed by atoms with van der Waals surface area (Å²) in [4.78, 5) is 36.1. The van der Waals surface area contributed by atoms with Crippen LogP contribution in [0.15, 0.2) is 18.2 Å². The molecule has 1 aromatic carbocycles. The fraction of sp³-hybridized carbons (Fsp3) is 0.500. The van der Waals surface area contributed by atoms with Crippen LogP contribution in [-0.2, 0) is 11.2 Å². The van der Waals surface area contributed by atoms with Gasteiger partial charge in [0.05, 0.1) is 10.8 Å². The van der Waals surface area contributed by atoms with E-state index in [-0.39, 0.29) is 17.2 Å². The zero-order valence-corrected chi connectivity index (χ0v) is 13.2. The maximum atomic E-state index is 12.7. The van der Waals surface area contributed by atoms with Gasteiger partial charge in [-0.2, -0.15) is 0 Å².